The predicted molar refractivity (Wildman–Crippen MR) is 56.4 cm³/mol. The number of nitrogens with zero attached hydrogens (tertiary/aromatic N) is 1. The number of rotatable bonds is 3. The first-order valence-corrected chi connectivity index (χ1v) is 5.15. The van der Waals surface area contributed by atoms with Gasteiger partial charge in [-0.1, -0.05) is 0 Å². The van der Waals surface area contributed by atoms with E-state index in [1.165, 1.54) is 11.3 Å². The van der Waals surface area contributed by atoms with Crippen LogP contribution in [0.3, 0.4) is 0 Å². The van der Waals surface area contributed by atoms with Crippen LogP contribution in [0.15, 0.2) is 28.2 Å². The van der Waals surface area contributed by atoms with Crippen LogP contribution < -0.4 is 11.1 Å². The average molecular weight is 223 g/mol. The molecular weight excluding hydrogens is 214 g/mol. The maximum atomic E-state index is 11.5. The van der Waals surface area contributed by atoms with Crippen molar-refractivity contribution < 1.29 is 9.21 Å². The summed E-state index contributed by atoms with van der Waals surface area (Å²) < 4.78 is 5.07. The number of aromatic nitrogens is 1. The summed E-state index contributed by atoms with van der Waals surface area (Å²) in [6, 6.07) is 3.55. The van der Waals surface area contributed by atoms with Gasteiger partial charge in [0.05, 0.1) is 12.8 Å². The monoisotopic (exact) mass is 223 g/mol. The molecule has 0 saturated carbocycles. The Morgan fingerprint density at radius 3 is 3.13 bits per heavy atom. The summed E-state index contributed by atoms with van der Waals surface area (Å²) >= 11 is 1.24. The molecule has 0 fully saturated rings. The maximum Gasteiger partial charge on any atom is 0.271 e. The highest BCUT2D eigenvalue weighted by atomic mass is 32.1. The molecule has 0 bridgehead atoms. The van der Waals surface area contributed by atoms with E-state index in [4.69, 9.17) is 10.2 Å². The van der Waals surface area contributed by atoms with E-state index in [0.29, 0.717) is 23.1 Å². The van der Waals surface area contributed by atoms with Gasteiger partial charge in [-0.15, -0.1) is 11.3 Å². The number of nitrogens with one attached hydrogen (secondary N) is 1. The largest absolute Gasteiger partial charge is 0.467 e. The third-order valence-corrected chi connectivity index (χ3v) is 2.43. The Balaban J connectivity index is 1.93. The summed E-state index contributed by atoms with van der Waals surface area (Å²) in [5.74, 6) is 0.450. The van der Waals surface area contributed by atoms with Gasteiger partial charge in [0.25, 0.3) is 5.91 Å². The van der Waals surface area contributed by atoms with E-state index < -0.39 is 0 Å². The molecule has 2 heterocycles. The van der Waals surface area contributed by atoms with Crippen molar-refractivity contribution in [3.63, 3.8) is 0 Å². The van der Waals surface area contributed by atoms with E-state index in [9.17, 15) is 4.79 Å². The number of anilines is 1. The molecule has 0 unspecified atom stereocenters. The fourth-order valence-electron chi connectivity index (χ4n) is 1.06. The standard InChI is InChI=1S/C9H9N3O2S/c10-9-12-7(5-15-9)8(13)11-4-6-2-1-3-14-6/h1-3,5H,4H2,(H2,10,12)(H,11,13). The highest BCUT2D eigenvalue weighted by Crippen LogP contribution is 2.10. The Morgan fingerprint density at radius 2 is 2.53 bits per heavy atom. The molecule has 0 atom stereocenters. The minimum Gasteiger partial charge on any atom is -0.467 e. The van der Waals surface area contributed by atoms with Crippen LogP contribution in [0.25, 0.3) is 0 Å². The zero-order chi connectivity index (χ0) is 10.7. The second-order valence-electron chi connectivity index (χ2n) is 2.83. The zero-order valence-electron chi connectivity index (χ0n) is 7.77. The molecule has 78 valence electrons. The van der Waals surface area contributed by atoms with Crippen LogP contribution in [-0.4, -0.2) is 10.9 Å². The molecule has 2 rings (SSSR count). The fourth-order valence-corrected chi connectivity index (χ4v) is 1.61. The number of thiazole rings is 1. The van der Waals surface area contributed by atoms with Gasteiger partial charge in [0.2, 0.25) is 0 Å². The van der Waals surface area contributed by atoms with Crippen molar-refractivity contribution in [3.8, 4) is 0 Å². The summed E-state index contributed by atoms with van der Waals surface area (Å²) in [7, 11) is 0. The molecule has 0 saturated heterocycles. The van der Waals surface area contributed by atoms with Gasteiger partial charge in [0, 0.05) is 5.38 Å². The van der Waals surface area contributed by atoms with Crippen molar-refractivity contribution in [1.82, 2.24) is 10.3 Å². The number of nitrogen functional groups attached to an aromatic ring is 1. The van der Waals surface area contributed by atoms with Crippen molar-refractivity contribution in [2.45, 2.75) is 6.54 Å². The average Bonchev–Trinajstić information content (AvgIpc) is 2.84. The van der Waals surface area contributed by atoms with Crippen molar-refractivity contribution in [2.75, 3.05) is 5.73 Å². The van der Waals surface area contributed by atoms with Gasteiger partial charge in [0.1, 0.15) is 11.5 Å². The molecule has 0 aliphatic heterocycles. The number of amides is 1. The van der Waals surface area contributed by atoms with Crippen LogP contribution in [0.5, 0.6) is 0 Å². The first-order valence-electron chi connectivity index (χ1n) is 4.27. The van der Waals surface area contributed by atoms with Crippen molar-refractivity contribution in [2.24, 2.45) is 0 Å². The van der Waals surface area contributed by atoms with Gasteiger partial charge in [-0.25, -0.2) is 4.98 Å². The normalized spacial score (nSPS) is 10.1. The lowest BCUT2D eigenvalue weighted by atomic mass is 10.4. The number of nitrogens with two attached hydrogens (primary N) is 1. The van der Waals surface area contributed by atoms with Crippen LogP contribution >= 0.6 is 11.3 Å². The van der Waals surface area contributed by atoms with E-state index in [-0.39, 0.29) is 5.91 Å². The van der Waals surface area contributed by atoms with E-state index in [0.717, 1.165) is 0 Å². The van der Waals surface area contributed by atoms with Gasteiger partial charge >= 0.3 is 0 Å². The van der Waals surface area contributed by atoms with Gasteiger partial charge in [-0.2, -0.15) is 0 Å². The lowest BCUT2D eigenvalue weighted by Gasteiger charge is -1.99. The first kappa shape index (κ1) is 9.72. The fraction of sp³-hybridized carbons (Fsp3) is 0.111. The Morgan fingerprint density at radius 1 is 1.67 bits per heavy atom. The summed E-state index contributed by atoms with van der Waals surface area (Å²) in [6.07, 6.45) is 1.56. The zero-order valence-corrected chi connectivity index (χ0v) is 8.58. The summed E-state index contributed by atoms with van der Waals surface area (Å²) in [4.78, 5) is 15.4. The topological polar surface area (TPSA) is 81.1 Å². The van der Waals surface area contributed by atoms with Crippen molar-refractivity contribution >= 4 is 22.4 Å². The second kappa shape index (κ2) is 4.14. The molecule has 15 heavy (non-hydrogen) atoms. The quantitative estimate of drug-likeness (QED) is 0.820. The van der Waals surface area contributed by atoms with Crippen LogP contribution in [-0.2, 0) is 6.54 Å². The first-order chi connectivity index (χ1) is 7.25. The third-order valence-electron chi connectivity index (χ3n) is 1.76. The maximum absolute atomic E-state index is 11.5. The van der Waals surface area contributed by atoms with Gasteiger partial charge in [-0.3, -0.25) is 4.79 Å². The number of hydrogen-bond donors (Lipinski definition) is 2. The van der Waals surface area contributed by atoms with Crippen LogP contribution in [0, 0.1) is 0 Å². The smallest absolute Gasteiger partial charge is 0.271 e. The van der Waals surface area contributed by atoms with E-state index in [1.807, 2.05) is 0 Å². The second-order valence-corrected chi connectivity index (χ2v) is 3.72. The Hall–Kier alpha value is -1.82. The Bertz CT molecular complexity index is 450. The molecule has 0 spiro atoms. The summed E-state index contributed by atoms with van der Waals surface area (Å²) in [5, 5.41) is 4.68. The molecule has 0 aliphatic carbocycles. The number of furan rings is 1. The molecule has 1 amide bonds. The molecule has 2 aromatic heterocycles. The molecule has 3 N–H and O–H groups in total. The minimum atomic E-state index is -0.251. The van der Waals surface area contributed by atoms with E-state index in [2.05, 4.69) is 10.3 Å². The molecule has 0 aromatic carbocycles. The summed E-state index contributed by atoms with van der Waals surface area (Å²) in [5.41, 5.74) is 5.75. The lowest BCUT2D eigenvalue weighted by Crippen LogP contribution is -2.22. The predicted octanol–water partition coefficient (Wildman–Crippen LogP) is 1.25. The molecule has 2 aromatic rings. The van der Waals surface area contributed by atoms with Crippen molar-refractivity contribution in [3.05, 3.63) is 35.2 Å². The third kappa shape index (κ3) is 2.35. The highest BCUT2D eigenvalue weighted by molar-refractivity contribution is 7.13. The number of carbonyl (C=O) groups excluding carboxylic acids is 1. The van der Waals surface area contributed by atoms with Gasteiger partial charge in [0.15, 0.2) is 5.13 Å². The molecule has 5 nitrogen and oxygen atoms in total. The van der Waals surface area contributed by atoms with Crippen molar-refractivity contribution in [1.29, 1.82) is 0 Å². The van der Waals surface area contributed by atoms with Crippen LogP contribution in [0.2, 0.25) is 0 Å². The highest BCUT2D eigenvalue weighted by Gasteiger charge is 2.09. The molecule has 0 radical (unpaired) electrons. The van der Waals surface area contributed by atoms with Crippen LogP contribution in [0.4, 0.5) is 5.13 Å². The Labute approximate surface area is 89.9 Å². The molecular formula is C9H9N3O2S. The van der Waals surface area contributed by atoms with Crippen LogP contribution in [0.1, 0.15) is 16.2 Å². The Kier molecular flexibility index (Phi) is 2.68. The van der Waals surface area contributed by atoms with E-state index in [1.54, 1.807) is 23.8 Å². The minimum absolute atomic E-state index is 0.251. The SMILES string of the molecule is Nc1nc(C(=O)NCc2ccco2)cs1. The number of hydrogen-bond acceptors (Lipinski definition) is 5. The van der Waals surface area contributed by atoms with E-state index >= 15 is 0 Å². The summed E-state index contributed by atoms with van der Waals surface area (Å²) in [6.45, 7) is 0.350. The number of carbonyl (C=O) groups is 1. The molecule has 6 heteroatoms. The molecule has 0 aliphatic rings. The lowest BCUT2D eigenvalue weighted by molar-refractivity contribution is 0.0944. The van der Waals surface area contributed by atoms with Gasteiger partial charge in [-0.05, 0) is 12.1 Å². The van der Waals surface area contributed by atoms with Gasteiger partial charge < -0.3 is 15.5 Å².